The second-order valence-corrected chi connectivity index (χ2v) is 0. The Morgan fingerprint density at radius 3 is 1.00 bits per heavy atom. The number of nitroso groups, excluding NO2 is 1. The van der Waals surface area contributed by atoms with Crippen LogP contribution in [0.4, 0.5) is 0 Å². The SMILES string of the molecule is N=O.O.O. The maximum Gasteiger partial charge on any atom is -0.0850 e. The van der Waals surface area contributed by atoms with Crippen LogP contribution in [0.5, 0.6) is 0 Å². The van der Waals surface area contributed by atoms with E-state index in [4.69, 9.17) is 4.91 Å². The van der Waals surface area contributed by atoms with Gasteiger partial charge in [-0.25, -0.2) is 0 Å². The Morgan fingerprint density at radius 1 is 1.00 bits per heavy atom. The van der Waals surface area contributed by atoms with Crippen molar-refractivity contribution in [3.63, 3.8) is 0 Å². The minimum absolute atomic E-state index is 0. The van der Waals surface area contributed by atoms with Crippen molar-refractivity contribution in [3.8, 4) is 0 Å². The van der Waals surface area contributed by atoms with Gasteiger partial charge in [0, 0.05) is 0 Å². The van der Waals surface area contributed by atoms with Crippen molar-refractivity contribution in [1.29, 1.82) is 5.59 Å². The Bertz CT molecular complexity index is 3.25. The van der Waals surface area contributed by atoms with Crippen molar-refractivity contribution >= 4 is 0 Å². The van der Waals surface area contributed by atoms with E-state index in [1.165, 1.54) is 0 Å². The van der Waals surface area contributed by atoms with Crippen LogP contribution in [-0.2, 0) is 0 Å². The lowest BCUT2D eigenvalue weighted by molar-refractivity contribution is 0.823. The molecule has 0 aliphatic heterocycles. The zero-order chi connectivity index (χ0) is 2.00. The first-order chi connectivity index (χ1) is 1.00. The third-order valence-corrected chi connectivity index (χ3v) is 0. The highest BCUT2D eigenvalue weighted by Gasteiger charge is 0.588. The highest BCUT2D eigenvalue weighted by atomic mass is 16.2. The molecule has 0 radical (unpaired) electrons. The fourth-order valence-electron chi connectivity index (χ4n) is 0. The third kappa shape index (κ3) is 1.78. The molecular weight excluding hydrogens is 62.0 g/mol. The predicted molar refractivity (Wildman–Crippen MR) is 13.3 cm³/mol. The zero-order valence-corrected chi connectivity index (χ0v) is 1.91. The summed E-state index contributed by atoms with van der Waals surface area (Å²) in [5, 5.41) is 0. The molecule has 0 aliphatic rings. The lowest BCUT2D eigenvalue weighted by atomic mass is 13.8. The van der Waals surface area contributed by atoms with E-state index >= 15 is 0 Å². The molecule has 0 unspecified atom stereocenters. The van der Waals surface area contributed by atoms with Gasteiger partial charge in [-0.1, -0.05) is 5.59 Å². The third-order valence-electron chi connectivity index (χ3n) is 0. The average molecular weight is 67.0 g/mol. The summed E-state index contributed by atoms with van der Waals surface area (Å²) in [6.45, 7) is 0. The molecule has 0 aromatic heterocycles. The minimum atomic E-state index is 0. The van der Waals surface area contributed by atoms with Gasteiger partial charge in [-0.2, -0.15) is 4.91 Å². The van der Waals surface area contributed by atoms with Crippen LogP contribution in [0.1, 0.15) is 0 Å². The molecule has 0 aromatic rings. The molecule has 5 N–H and O–H groups in total. The fourth-order valence-corrected chi connectivity index (χ4v) is 0. The van der Waals surface area contributed by atoms with Gasteiger partial charge in [-0.15, -0.1) is 0 Å². The standard InChI is InChI=1S/HNO.2H2O/c1-2;;/h1H;2*1H2. The highest BCUT2D eigenvalue weighted by molar-refractivity contribution is 3.63. The van der Waals surface area contributed by atoms with E-state index in [1.54, 1.807) is 0 Å². The first kappa shape index (κ1) is 82.7. The van der Waals surface area contributed by atoms with Gasteiger partial charge in [-0.05, 0) is 0 Å². The van der Waals surface area contributed by atoms with Crippen molar-refractivity contribution in [2.24, 2.45) is 0 Å². The van der Waals surface area contributed by atoms with Crippen molar-refractivity contribution in [3.05, 3.63) is 4.91 Å². The molecule has 0 atom stereocenters. The Hall–Kier alpha value is -0.480. The average Bonchev–Trinajstić information content (AvgIpc) is 1.00. The van der Waals surface area contributed by atoms with Gasteiger partial charge in [0.1, 0.15) is 0 Å². The van der Waals surface area contributed by atoms with Crippen LogP contribution in [0, 0.1) is 10.5 Å². The van der Waals surface area contributed by atoms with E-state index < -0.39 is 0 Å². The maximum absolute atomic E-state index is 7.50. The molecule has 0 heterocycles. The van der Waals surface area contributed by atoms with Crippen molar-refractivity contribution in [1.82, 2.24) is 0 Å². The summed E-state index contributed by atoms with van der Waals surface area (Å²) < 4.78 is 0. The molecular formula is H5NO3. The van der Waals surface area contributed by atoms with Crippen LogP contribution in [0.3, 0.4) is 0 Å². The number of hydrogen-bond donors (Lipinski definition) is 1. The second kappa shape index (κ2) is 25.3. The number of rotatable bonds is 0. The summed E-state index contributed by atoms with van der Waals surface area (Å²) in [7, 11) is 0. The molecule has 0 fully saturated rings. The van der Waals surface area contributed by atoms with Crippen LogP contribution in [0.15, 0.2) is 0 Å². The number of hydrogen-bond acceptors (Lipinski definition) is 2. The first-order valence-electron chi connectivity index (χ1n) is 0.204. The van der Waals surface area contributed by atoms with Crippen LogP contribution >= 0.6 is 0 Å². The lowest BCUT2D eigenvalue weighted by Crippen LogP contribution is -0.649. The van der Waals surface area contributed by atoms with Gasteiger partial charge in [0.25, 0.3) is 0 Å². The van der Waals surface area contributed by atoms with Gasteiger partial charge in [-0.3, -0.25) is 0 Å². The lowest BCUT2D eigenvalue weighted by Gasteiger charge is -0.827. The van der Waals surface area contributed by atoms with Crippen LogP contribution in [-0.4, -0.2) is 11.0 Å². The maximum atomic E-state index is 7.50. The van der Waals surface area contributed by atoms with Crippen molar-refractivity contribution in [2.75, 3.05) is 0 Å². The van der Waals surface area contributed by atoms with Gasteiger partial charge < -0.3 is 11.0 Å². The molecule has 0 amide bonds. The van der Waals surface area contributed by atoms with E-state index in [2.05, 4.69) is 5.59 Å². The molecule has 4 heavy (non-hydrogen) atoms. The molecule has 0 saturated carbocycles. The first-order valence-corrected chi connectivity index (χ1v) is 0.204. The van der Waals surface area contributed by atoms with Crippen molar-refractivity contribution < 1.29 is 11.0 Å². The largest absolute Gasteiger partial charge is 0.412 e. The smallest absolute Gasteiger partial charge is 0.0850 e. The molecule has 28 valence electrons. The topological polar surface area (TPSA) is 104 Å². The predicted octanol–water partition coefficient (Wildman–Crippen LogP) is -1.32. The monoisotopic (exact) mass is 67.0 g/mol. The van der Waals surface area contributed by atoms with E-state index in [0.717, 1.165) is 0 Å². The Balaban J connectivity index is -0.00000000500. The fraction of sp³-hybridized carbons (Fsp3) is 0. The van der Waals surface area contributed by atoms with E-state index in [-0.39, 0.29) is 11.0 Å². The second-order valence-electron chi connectivity index (χ2n) is 0. The van der Waals surface area contributed by atoms with Gasteiger partial charge in [0.2, 0.25) is 0 Å². The highest BCUT2D eigenvalue weighted by Crippen LogP contribution is 0.766. The molecule has 4 nitrogen and oxygen atoms in total. The quantitative estimate of drug-likeness (QED) is 0.349. The molecule has 0 aromatic carbocycles. The van der Waals surface area contributed by atoms with Crippen LogP contribution in [0.2, 0.25) is 0 Å². The summed E-state index contributed by atoms with van der Waals surface area (Å²) in [6, 6.07) is 0. The summed E-state index contributed by atoms with van der Waals surface area (Å²) in [6.07, 6.45) is 0. The summed E-state index contributed by atoms with van der Waals surface area (Å²) >= 11 is 0. The summed E-state index contributed by atoms with van der Waals surface area (Å²) in [5.74, 6) is 0. The summed E-state index contributed by atoms with van der Waals surface area (Å²) in [4.78, 5) is 7.50. The van der Waals surface area contributed by atoms with E-state index in [0.29, 0.717) is 0 Å². The number of nitrogens with one attached hydrogen (secondary N) is 1. The summed E-state index contributed by atoms with van der Waals surface area (Å²) in [5.41, 5.74) is 4.50. The zero-order valence-electron chi connectivity index (χ0n) is 1.91. The van der Waals surface area contributed by atoms with Crippen LogP contribution in [0.25, 0.3) is 0 Å². The van der Waals surface area contributed by atoms with Crippen LogP contribution < -0.4 is 0 Å². The Labute approximate surface area is 22.8 Å². The molecule has 0 bridgehead atoms. The van der Waals surface area contributed by atoms with E-state index in [1.807, 2.05) is 0 Å². The van der Waals surface area contributed by atoms with E-state index in [9.17, 15) is 0 Å². The Kier molecular flexibility index (Phi) is 522. The normalized spacial score (nSPS) is 1.00. The molecule has 4 heteroatoms. The van der Waals surface area contributed by atoms with Gasteiger partial charge in [0.05, 0.1) is 0 Å². The molecule has 0 saturated heterocycles. The Morgan fingerprint density at radius 2 is 1.00 bits per heavy atom. The molecule has 0 spiro atoms. The van der Waals surface area contributed by atoms with Gasteiger partial charge in [0.15, 0.2) is 0 Å². The molecule has 0 rings (SSSR count). The minimum Gasteiger partial charge on any atom is -0.412 e. The van der Waals surface area contributed by atoms with Gasteiger partial charge >= 0.3 is 0 Å². The van der Waals surface area contributed by atoms with Crippen molar-refractivity contribution in [2.45, 2.75) is 0 Å². The molecule has 0 aliphatic carbocycles.